The SMILES string of the molecule is c1ccc([Si](c2ccccc2)(c2ccccc2)c2cc3c4c(c2)Sc2ccc(N5c6ccccc6[Si](c6ccccc6)(c6ccccc6)c6ccccc65)cc2B4c2ccccc2S3)cc1. The fraction of sp³-hybridized carbons (Fsp3) is 0. The van der Waals surface area contributed by atoms with Crippen molar-refractivity contribution in [3.05, 3.63) is 255 Å². The molecule has 0 fully saturated rings. The van der Waals surface area contributed by atoms with Gasteiger partial charge in [-0.25, -0.2) is 0 Å². The van der Waals surface area contributed by atoms with Crippen LogP contribution in [-0.4, -0.2) is 22.9 Å². The van der Waals surface area contributed by atoms with E-state index in [0.29, 0.717) is 0 Å². The zero-order valence-electron chi connectivity index (χ0n) is 36.1. The summed E-state index contributed by atoms with van der Waals surface area (Å²) in [6.07, 6.45) is 0. The van der Waals surface area contributed by atoms with Gasteiger partial charge < -0.3 is 4.90 Å². The molecular weight excluding hydrogens is 866 g/mol. The van der Waals surface area contributed by atoms with E-state index in [1.54, 1.807) is 0 Å². The average Bonchev–Trinajstić information content (AvgIpc) is 3.39. The number of fused-ring (bicyclic) bond motifs is 6. The van der Waals surface area contributed by atoms with Crippen molar-refractivity contribution in [2.75, 3.05) is 4.90 Å². The molecule has 13 rings (SSSR count). The third-order valence-electron chi connectivity index (χ3n) is 14.2. The van der Waals surface area contributed by atoms with Crippen molar-refractivity contribution in [1.82, 2.24) is 0 Å². The number of rotatable bonds is 7. The van der Waals surface area contributed by atoms with Crippen LogP contribution in [0.1, 0.15) is 0 Å². The maximum Gasteiger partial charge on any atom is 0.247 e. The first kappa shape index (κ1) is 39.6. The maximum atomic E-state index is 2.59. The van der Waals surface area contributed by atoms with Gasteiger partial charge >= 0.3 is 0 Å². The normalized spacial score (nSPS) is 14.0. The van der Waals surface area contributed by atoms with E-state index >= 15 is 0 Å². The van der Waals surface area contributed by atoms with Crippen LogP contribution in [0, 0.1) is 0 Å². The van der Waals surface area contributed by atoms with Crippen molar-refractivity contribution in [2.45, 2.75) is 19.6 Å². The number of para-hydroxylation sites is 2. The minimum absolute atomic E-state index is 0.0938. The van der Waals surface area contributed by atoms with Crippen molar-refractivity contribution in [2.24, 2.45) is 0 Å². The standard InChI is InChI=1S/C60H42BNS2Si2/c1-6-22-44(23-7-1)65(45-24-8-2-9-25-45,46-26-10-3-11-27-46)49-41-56-60-57(42-49)64-55-39-38-43(40-51(55)61(60)50-32-16-19-35-54(50)63-56)62-52-33-17-20-36-58(52)66(47-28-12-4-13-29-47,48-30-14-5-15-31-48)59-37-21-18-34-53(59)62/h1-42H. The summed E-state index contributed by atoms with van der Waals surface area (Å²) in [4.78, 5) is 7.95. The number of hydrogen-bond acceptors (Lipinski definition) is 3. The van der Waals surface area contributed by atoms with Crippen LogP contribution in [0.25, 0.3) is 0 Å². The fourth-order valence-electron chi connectivity index (χ4n) is 11.5. The third kappa shape index (κ3) is 5.89. The zero-order valence-corrected chi connectivity index (χ0v) is 39.7. The average molecular weight is 908 g/mol. The monoisotopic (exact) mass is 907 g/mol. The molecule has 0 aromatic heterocycles. The molecule has 0 unspecified atom stereocenters. The molecule has 6 heteroatoms. The topological polar surface area (TPSA) is 3.24 Å². The molecule has 10 aromatic carbocycles. The van der Waals surface area contributed by atoms with Gasteiger partial charge in [0.05, 0.1) is 0 Å². The van der Waals surface area contributed by atoms with Gasteiger partial charge in [-0.05, 0) is 95.5 Å². The van der Waals surface area contributed by atoms with Crippen molar-refractivity contribution in [1.29, 1.82) is 0 Å². The predicted octanol–water partition coefficient (Wildman–Crippen LogP) is 7.67. The second kappa shape index (κ2) is 16.0. The van der Waals surface area contributed by atoms with Gasteiger partial charge in [0.15, 0.2) is 16.1 Å². The fourth-order valence-corrected chi connectivity index (χ4v) is 24.1. The summed E-state index contributed by atoms with van der Waals surface area (Å²) in [5.41, 5.74) is 7.91. The lowest BCUT2D eigenvalue weighted by molar-refractivity contribution is 1.28. The Morgan fingerprint density at radius 1 is 0.348 bits per heavy atom. The van der Waals surface area contributed by atoms with E-state index in [0.717, 1.165) is 0 Å². The number of nitrogens with zero attached hydrogens (tertiary/aromatic N) is 1. The Bertz CT molecular complexity index is 3240. The summed E-state index contributed by atoms with van der Waals surface area (Å²) in [7, 11) is -5.51. The van der Waals surface area contributed by atoms with Crippen LogP contribution in [0.2, 0.25) is 0 Å². The first-order valence-electron chi connectivity index (χ1n) is 22.8. The number of anilines is 3. The molecular formula is C60H42BNS2Si2. The van der Waals surface area contributed by atoms with E-state index in [1.165, 1.54) is 94.5 Å². The molecule has 3 heterocycles. The molecule has 10 aromatic rings. The van der Waals surface area contributed by atoms with Gasteiger partial charge in [0.25, 0.3) is 0 Å². The Labute approximate surface area is 398 Å². The molecule has 0 radical (unpaired) electrons. The number of hydrogen-bond donors (Lipinski definition) is 0. The summed E-state index contributed by atoms with van der Waals surface area (Å²) >= 11 is 3.91. The minimum Gasteiger partial charge on any atom is -0.311 e. The molecule has 3 aliphatic heterocycles. The lowest BCUT2D eigenvalue weighted by Gasteiger charge is -2.45. The van der Waals surface area contributed by atoms with E-state index < -0.39 is 16.1 Å². The lowest BCUT2D eigenvalue weighted by atomic mass is 9.36. The summed E-state index contributed by atoms with van der Waals surface area (Å²) in [6.45, 7) is 0.0938. The Kier molecular flexibility index (Phi) is 9.57. The molecule has 66 heavy (non-hydrogen) atoms. The molecule has 310 valence electrons. The van der Waals surface area contributed by atoms with Crippen molar-refractivity contribution >= 4 is 121 Å². The van der Waals surface area contributed by atoms with Gasteiger partial charge in [0.1, 0.15) is 0 Å². The second-order valence-corrected chi connectivity index (χ2v) is 27.2. The molecule has 1 nitrogen and oxygen atoms in total. The molecule has 0 saturated carbocycles. The molecule has 0 saturated heterocycles. The Morgan fingerprint density at radius 2 is 0.773 bits per heavy atom. The number of benzene rings is 10. The van der Waals surface area contributed by atoms with Crippen LogP contribution in [-0.2, 0) is 0 Å². The first-order chi connectivity index (χ1) is 32.7. The van der Waals surface area contributed by atoms with E-state index in [-0.39, 0.29) is 6.71 Å². The van der Waals surface area contributed by atoms with Crippen LogP contribution in [0.3, 0.4) is 0 Å². The maximum absolute atomic E-state index is 2.78. The Morgan fingerprint density at radius 3 is 1.29 bits per heavy atom. The van der Waals surface area contributed by atoms with Crippen molar-refractivity contribution in [3.63, 3.8) is 0 Å². The molecule has 0 aliphatic carbocycles. The van der Waals surface area contributed by atoms with E-state index in [1.807, 2.05) is 23.5 Å². The largest absolute Gasteiger partial charge is 0.311 e. The minimum atomic E-state index is -2.78. The van der Waals surface area contributed by atoms with Gasteiger partial charge in [-0.3, -0.25) is 0 Å². The highest BCUT2D eigenvalue weighted by Gasteiger charge is 2.49. The van der Waals surface area contributed by atoms with Crippen molar-refractivity contribution in [3.8, 4) is 0 Å². The summed E-state index contributed by atoms with van der Waals surface area (Å²) in [5, 5.41) is 11.2. The summed E-state index contributed by atoms with van der Waals surface area (Å²) in [6, 6.07) is 96.8. The van der Waals surface area contributed by atoms with Crippen molar-refractivity contribution < 1.29 is 0 Å². The molecule has 3 aliphatic rings. The molecule has 0 N–H and O–H groups in total. The lowest BCUT2D eigenvalue weighted by Crippen LogP contribution is -2.77. The van der Waals surface area contributed by atoms with Gasteiger partial charge in [-0.15, -0.1) is 0 Å². The zero-order chi connectivity index (χ0) is 43.7. The van der Waals surface area contributed by atoms with Crippen LogP contribution in [0.4, 0.5) is 17.1 Å². The highest BCUT2D eigenvalue weighted by Crippen LogP contribution is 2.42. The molecule has 0 spiro atoms. The van der Waals surface area contributed by atoms with E-state index in [2.05, 4.69) is 260 Å². The third-order valence-corrected chi connectivity index (χ3v) is 26.1. The quantitative estimate of drug-likeness (QED) is 0.120. The summed E-state index contributed by atoms with van der Waals surface area (Å²) < 4.78 is 0. The van der Waals surface area contributed by atoms with Crippen LogP contribution < -0.4 is 62.8 Å². The van der Waals surface area contributed by atoms with E-state index in [4.69, 9.17) is 0 Å². The van der Waals surface area contributed by atoms with Crippen LogP contribution in [0.5, 0.6) is 0 Å². The smallest absolute Gasteiger partial charge is 0.247 e. The van der Waals surface area contributed by atoms with Crippen LogP contribution in [0.15, 0.2) is 274 Å². The highest BCUT2D eigenvalue weighted by molar-refractivity contribution is 8.01. The highest BCUT2D eigenvalue weighted by atomic mass is 32.2. The van der Waals surface area contributed by atoms with Gasteiger partial charge in [-0.1, -0.05) is 241 Å². The Balaban J connectivity index is 1.02. The van der Waals surface area contributed by atoms with E-state index in [9.17, 15) is 0 Å². The van der Waals surface area contributed by atoms with Crippen LogP contribution >= 0.6 is 23.5 Å². The molecule has 0 amide bonds. The second-order valence-electron chi connectivity index (χ2n) is 17.5. The first-order valence-corrected chi connectivity index (χ1v) is 28.4. The molecule has 0 bridgehead atoms. The van der Waals surface area contributed by atoms with Gasteiger partial charge in [0, 0.05) is 36.6 Å². The predicted molar refractivity (Wildman–Crippen MR) is 288 cm³/mol. The summed E-state index contributed by atoms with van der Waals surface area (Å²) in [5.74, 6) is 0. The molecule has 0 atom stereocenters. The van der Waals surface area contributed by atoms with Gasteiger partial charge in [0.2, 0.25) is 6.71 Å². The van der Waals surface area contributed by atoms with Gasteiger partial charge in [-0.2, -0.15) is 0 Å². The Hall–Kier alpha value is -6.80.